The number of fused-ring (bicyclic) bond motifs is 9. The number of hydrogen-bond acceptors (Lipinski definition) is 4. The Bertz CT molecular complexity index is 4980. The van der Waals surface area contributed by atoms with Gasteiger partial charge in [0.1, 0.15) is 11.7 Å². The van der Waals surface area contributed by atoms with Crippen LogP contribution in [0.1, 0.15) is 5.56 Å². The highest BCUT2D eigenvalue weighted by atomic mass is 16.3. The highest BCUT2D eigenvalue weighted by Gasteiger charge is 2.28. The van der Waals surface area contributed by atoms with Crippen molar-refractivity contribution < 1.29 is 4.42 Å². The number of nitriles is 1. The Morgan fingerprint density at radius 2 is 0.663 bits per heavy atom. The molecule has 0 atom stereocenters. The van der Waals surface area contributed by atoms with Crippen molar-refractivity contribution >= 4 is 65.6 Å². The first kappa shape index (κ1) is 47.6. The number of furan rings is 1. The lowest BCUT2D eigenvalue weighted by Crippen LogP contribution is -2.03. The number of para-hydroxylation sites is 1. The van der Waals surface area contributed by atoms with Crippen LogP contribution >= 0.6 is 0 Å². The summed E-state index contributed by atoms with van der Waals surface area (Å²) in [5.41, 5.74) is 20.3. The number of benzene rings is 12. The Labute approximate surface area is 478 Å². The third-order valence-electron chi connectivity index (χ3n) is 16.4. The maximum atomic E-state index is 12.0. The van der Waals surface area contributed by atoms with Gasteiger partial charge in [-0.05, 0) is 111 Å². The third-order valence-corrected chi connectivity index (χ3v) is 16.4. The fourth-order valence-electron chi connectivity index (χ4n) is 12.5. The van der Waals surface area contributed by atoms with Crippen LogP contribution in [0.25, 0.3) is 155 Å². The van der Waals surface area contributed by atoms with E-state index < -0.39 is 0 Å². The number of nitrogens with zero attached hydrogens (tertiary/aromatic N) is 5. The first-order valence-electron chi connectivity index (χ1n) is 27.9. The van der Waals surface area contributed by atoms with Gasteiger partial charge in [0.05, 0.1) is 61.3 Å². The molecule has 0 aliphatic heterocycles. The Morgan fingerprint density at radius 1 is 0.301 bits per heavy atom. The van der Waals surface area contributed by atoms with Gasteiger partial charge < -0.3 is 13.6 Å². The summed E-state index contributed by atoms with van der Waals surface area (Å²) in [6.07, 6.45) is 0. The van der Waals surface area contributed by atoms with Gasteiger partial charge in [0.25, 0.3) is 0 Å². The average Bonchev–Trinajstić information content (AvgIpc) is 2.04. The number of hydrogen-bond donors (Lipinski definition) is 0. The molecule has 0 amide bonds. The summed E-state index contributed by atoms with van der Waals surface area (Å²) in [6, 6.07) is 103. The second-order valence-electron chi connectivity index (χ2n) is 21.1. The normalized spacial score (nSPS) is 11.6. The van der Waals surface area contributed by atoms with E-state index in [0.717, 1.165) is 127 Å². The first-order chi connectivity index (χ1) is 41.1. The van der Waals surface area contributed by atoms with E-state index in [1.807, 2.05) is 48.5 Å². The Balaban J connectivity index is 1.04. The molecular formula is C77H47N5O. The molecule has 0 aliphatic carbocycles. The zero-order chi connectivity index (χ0) is 55.0. The molecule has 16 rings (SSSR count). The van der Waals surface area contributed by atoms with Crippen LogP contribution in [0.15, 0.2) is 290 Å². The van der Waals surface area contributed by atoms with Crippen LogP contribution in [0.4, 0.5) is 0 Å². The maximum Gasteiger partial charge on any atom is 0.164 e. The van der Waals surface area contributed by atoms with E-state index in [4.69, 9.17) is 14.4 Å². The molecule has 0 bridgehead atoms. The minimum atomic E-state index is 0.486. The lowest BCUT2D eigenvalue weighted by Gasteiger charge is -2.16. The van der Waals surface area contributed by atoms with Gasteiger partial charge in [-0.3, -0.25) is 0 Å². The van der Waals surface area contributed by atoms with E-state index in [1.165, 1.54) is 0 Å². The molecule has 6 nitrogen and oxygen atoms in total. The van der Waals surface area contributed by atoms with Gasteiger partial charge in [0.2, 0.25) is 0 Å². The monoisotopic (exact) mass is 1060 g/mol. The van der Waals surface area contributed by atoms with Gasteiger partial charge in [-0.1, -0.05) is 218 Å². The van der Waals surface area contributed by atoms with Crippen LogP contribution in [0.2, 0.25) is 0 Å². The number of aromatic nitrogens is 4. The smallest absolute Gasteiger partial charge is 0.164 e. The molecule has 0 aliphatic rings. The summed E-state index contributed by atoms with van der Waals surface area (Å²) in [5, 5.41) is 17.9. The topological polar surface area (TPSA) is 72.6 Å². The van der Waals surface area contributed by atoms with Gasteiger partial charge in [-0.2, -0.15) is 5.26 Å². The fourth-order valence-corrected chi connectivity index (χ4v) is 12.5. The van der Waals surface area contributed by atoms with Crippen molar-refractivity contribution in [2.45, 2.75) is 0 Å². The molecule has 0 N–H and O–H groups in total. The Kier molecular flexibility index (Phi) is 11.2. The largest absolute Gasteiger partial charge is 0.453 e. The van der Waals surface area contributed by atoms with Gasteiger partial charge in [-0.15, -0.1) is 0 Å². The molecule has 0 saturated heterocycles. The second kappa shape index (κ2) is 19.5. The summed E-state index contributed by atoms with van der Waals surface area (Å²) in [6.45, 7) is 0. The summed E-state index contributed by atoms with van der Waals surface area (Å²) in [4.78, 5) is 10.6. The molecule has 0 saturated carbocycles. The predicted molar refractivity (Wildman–Crippen MR) is 341 cm³/mol. The highest BCUT2D eigenvalue weighted by Crippen LogP contribution is 2.47. The van der Waals surface area contributed by atoms with E-state index in [-0.39, 0.29) is 0 Å². The van der Waals surface area contributed by atoms with Crippen LogP contribution in [0.3, 0.4) is 0 Å². The molecule has 83 heavy (non-hydrogen) atoms. The van der Waals surface area contributed by atoms with Gasteiger partial charge in [-0.25, -0.2) is 9.97 Å². The summed E-state index contributed by atoms with van der Waals surface area (Å²) >= 11 is 0. The lowest BCUT2D eigenvalue weighted by molar-refractivity contribution is 0.667. The van der Waals surface area contributed by atoms with Crippen molar-refractivity contribution in [2.24, 2.45) is 0 Å². The van der Waals surface area contributed by atoms with Crippen LogP contribution in [0, 0.1) is 11.3 Å². The summed E-state index contributed by atoms with van der Waals surface area (Å²) < 4.78 is 12.2. The predicted octanol–water partition coefficient (Wildman–Crippen LogP) is 20.1. The molecule has 4 aromatic heterocycles. The van der Waals surface area contributed by atoms with E-state index in [0.29, 0.717) is 33.5 Å². The van der Waals surface area contributed by atoms with Gasteiger partial charge in [0.15, 0.2) is 11.4 Å². The molecule has 6 heteroatoms. The van der Waals surface area contributed by atoms with Gasteiger partial charge in [0, 0.05) is 38.1 Å². The van der Waals surface area contributed by atoms with Crippen molar-refractivity contribution in [3.8, 4) is 95.9 Å². The summed E-state index contributed by atoms with van der Waals surface area (Å²) in [7, 11) is 0. The van der Waals surface area contributed by atoms with E-state index in [9.17, 15) is 5.26 Å². The zero-order valence-corrected chi connectivity index (χ0v) is 44.8. The zero-order valence-electron chi connectivity index (χ0n) is 44.8. The highest BCUT2D eigenvalue weighted by molar-refractivity contribution is 6.19. The van der Waals surface area contributed by atoms with Crippen molar-refractivity contribution in [2.75, 3.05) is 0 Å². The average molecular weight is 1060 g/mol. The molecule has 0 fully saturated rings. The minimum Gasteiger partial charge on any atom is -0.453 e. The van der Waals surface area contributed by atoms with Crippen molar-refractivity contribution in [3.05, 3.63) is 291 Å². The minimum absolute atomic E-state index is 0.486. The van der Waals surface area contributed by atoms with Crippen molar-refractivity contribution in [3.63, 3.8) is 0 Å². The quantitative estimate of drug-likeness (QED) is 0.144. The third kappa shape index (κ3) is 7.94. The van der Waals surface area contributed by atoms with Crippen LogP contribution < -0.4 is 0 Å². The molecule has 16 aromatic rings. The maximum absolute atomic E-state index is 12.0. The fraction of sp³-hybridized carbons (Fsp3) is 0. The van der Waals surface area contributed by atoms with Crippen molar-refractivity contribution in [1.29, 1.82) is 5.26 Å². The van der Waals surface area contributed by atoms with E-state index in [1.54, 1.807) is 0 Å². The second-order valence-corrected chi connectivity index (χ2v) is 21.1. The Hall–Kier alpha value is -11.4. The van der Waals surface area contributed by atoms with Crippen LogP contribution in [-0.2, 0) is 0 Å². The number of rotatable bonds is 9. The molecule has 386 valence electrons. The molecule has 0 radical (unpaired) electrons. The molecule has 4 heterocycles. The van der Waals surface area contributed by atoms with Crippen LogP contribution in [0.5, 0.6) is 0 Å². The van der Waals surface area contributed by atoms with Crippen molar-refractivity contribution in [1.82, 2.24) is 19.1 Å². The van der Waals surface area contributed by atoms with Crippen LogP contribution in [-0.4, -0.2) is 19.1 Å². The lowest BCUT2D eigenvalue weighted by atomic mass is 10.0. The molecule has 12 aromatic carbocycles. The summed E-state index contributed by atoms with van der Waals surface area (Å²) in [5.74, 6) is 0.514. The van der Waals surface area contributed by atoms with E-state index >= 15 is 0 Å². The standard InChI is InChI=1S/C77H47N5O/c78-48-65-72(81-68-38-34-55(49-20-7-1-8-21-49)42-61(68)62-43-56(35-39-69(62)81)50-22-9-2-10-23-50)47-73(82-70-40-36-57(51-24-11-3-12-25-51)44-63(70)64-45-58(37-41-71(64)82)52-26-13-4-14-27-52)76-74(65)59-32-19-33-60(75(59)83-76)77-79-66(53-28-15-5-16-29-53)46-67(80-77)54-30-17-6-18-31-54/h1-47H. The van der Waals surface area contributed by atoms with Gasteiger partial charge >= 0.3 is 0 Å². The SMILES string of the molecule is N#Cc1c(-n2c3ccc(-c4ccccc4)cc3c3cc(-c4ccccc4)ccc32)cc(-n2c3ccc(-c4ccccc4)cc3c3cc(-c4ccccc4)ccc32)c2oc3c(-c4nc(-c5ccccc5)cc(-c5ccccc5)n4)cccc3c12. The van der Waals surface area contributed by atoms with E-state index in [2.05, 4.69) is 252 Å². The Morgan fingerprint density at radius 3 is 1.04 bits per heavy atom. The molecule has 0 spiro atoms. The first-order valence-corrected chi connectivity index (χ1v) is 27.9. The molecular weight excluding hydrogens is 1010 g/mol. The molecule has 0 unspecified atom stereocenters.